The van der Waals surface area contributed by atoms with Gasteiger partial charge in [-0.2, -0.15) is 0 Å². The van der Waals surface area contributed by atoms with Gasteiger partial charge in [-0.1, -0.05) is 25.4 Å². The van der Waals surface area contributed by atoms with Crippen LogP contribution < -0.4 is 16.0 Å². The molecule has 0 aliphatic carbocycles. The van der Waals surface area contributed by atoms with Crippen LogP contribution in [0, 0.1) is 5.92 Å². The van der Waals surface area contributed by atoms with Crippen LogP contribution >= 0.6 is 11.6 Å². The van der Waals surface area contributed by atoms with Crippen molar-refractivity contribution in [1.29, 1.82) is 0 Å². The molecule has 154 valence electrons. The lowest BCUT2D eigenvalue weighted by Gasteiger charge is -2.20. The van der Waals surface area contributed by atoms with Crippen molar-refractivity contribution >= 4 is 35.1 Å². The van der Waals surface area contributed by atoms with Gasteiger partial charge in [-0.25, -0.2) is 0 Å². The highest BCUT2D eigenvalue weighted by atomic mass is 35.5. The Kier molecular flexibility index (Phi) is 8.57. The number of anilines is 1. The molecule has 0 saturated carbocycles. The van der Waals surface area contributed by atoms with E-state index < -0.39 is 0 Å². The third kappa shape index (κ3) is 7.03. The minimum atomic E-state index is -0.0364. The van der Waals surface area contributed by atoms with Crippen LogP contribution in [-0.2, 0) is 9.59 Å². The van der Waals surface area contributed by atoms with E-state index in [2.05, 4.69) is 20.9 Å². The largest absolute Gasteiger partial charge is 0.356 e. The number of carbonyl (C=O) groups is 2. The number of benzene rings is 1. The van der Waals surface area contributed by atoms with Crippen molar-refractivity contribution in [2.75, 3.05) is 32.0 Å². The molecular weight excluding hydrogens is 378 g/mol. The molecule has 0 aromatic heterocycles. The number of rotatable bonds is 7. The molecule has 1 aliphatic rings. The topological polar surface area (TPSA) is 85.8 Å². The standard InChI is InChI=1S/C20H30ClN5O2/c1-14(2)19(28)26-12-10-17(13-26)25-20(22-3)23-11-4-5-18(27)24-16-8-6-15(21)7-9-16/h6-9,14,17H,4-5,10-13H2,1-3H3,(H,24,27)(H2,22,23,25). The van der Waals surface area contributed by atoms with E-state index in [4.69, 9.17) is 11.6 Å². The molecule has 8 heteroatoms. The van der Waals surface area contributed by atoms with E-state index in [1.54, 1.807) is 31.3 Å². The van der Waals surface area contributed by atoms with Crippen LogP contribution in [0.3, 0.4) is 0 Å². The number of guanidine groups is 1. The van der Waals surface area contributed by atoms with Crippen LogP contribution in [0.25, 0.3) is 0 Å². The molecule has 1 aromatic rings. The Labute approximate surface area is 171 Å². The van der Waals surface area contributed by atoms with E-state index in [0.717, 1.165) is 18.7 Å². The predicted octanol–water partition coefficient (Wildman–Crippen LogP) is 2.48. The van der Waals surface area contributed by atoms with Crippen molar-refractivity contribution in [3.05, 3.63) is 29.3 Å². The second-order valence-electron chi connectivity index (χ2n) is 7.23. The van der Waals surface area contributed by atoms with E-state index in [1.165, 1.54) is 0 Å². The number of nitrogens with one attached hydrogen (secondary N) is 3. The van der Waals surface area contributed by atoms with E-state index in [-0.39, 0.29) is 23.8 Å². The Morgan fingerprint density at radius 2 is 2.00 bits per heavy atom. The SMILES string of the molecule is CN=C(NCCCC(=O)Nc1ccc(Cl)cc1)NC1CCN(C(=O)C(C)C)C1. The number of amides is 2. The molecule has 1 aliphatic heterocycles. The van der Waals surface area contributed by atoms with Crippen LogP contribution in [0.2, 0.25) is 5.02 Å². The van der Waals surface area contributed by atoms with Crippen molar-refractivity contribution in [3.8, 4) is 0 Å². The highest BCUT2D eigenvalue weighted by Gasteiger charge is 2.27. The lowest BCUT2D eigenvalue weighted by Crippen LogP contribution is -2.45. The Balaban J connectivity index is 1.65. The summed E-state index contributed by atoms with van der Waals surface area (Å²) in [4.78, 5) is 30.2. The first-order valence-electron chi connectivity index (χ1n) is 9.70. The Bertz CT molecular complexity index is 690. The van der Waals surface area contributed by atoms with E-state index >= 15 is 0 Å². The number of hydrogen-bond donors (Lipinski definition) is 3. The number of nitrogens with zero attached hydrogens (tertiary/aromatic N) is 2. The molecule has 2 rings (SSSR count). The molecule has 28 heavy (non-hydrogen) atoms. The molecule has 1 atom stereocenters. The smallest absolute Gasteiger partial charge is 0.225 e. The van der Waals surface area contributed by atoms with Gasteiger partial charge in [-0.3, -0.25) is 14.6 Å². The highest BCUT2D eigenvalue weighted by Crippen LogP contribution is 2.14. The molecule has 1 saturated heterocycles. The first kappa shape index (κ1) is 22.0. The van der Waals surface area contributed by atoms with Crippen molar-refractivity contribution in [3.63, 3.8) is 0 Å². The maximum Gasteiger partial charge on any atom is 0.225 e. The van der Waals surface area contributed by atoms with Gasteiger partial charge in [0.05, 0.1) is 0 Å². The van der Waals surface area contributed by atoms with E-state index in [9.17, 15) is 9.59 Å². The predicted molar refractivity (Wildman–Crippen MR) is 114 cm³/mol. The van der Waals surface area contributed by atoms with Crippen molar-refractivity contribution in [2.45, 2.75) is 39.2 Å². The first-order chi connectivity index (χ1) is 13.4. The number of likely N-dealkylation sites (tertiary alicyclic amines) is 1. The second-order valence-corrected chi connectivity index (χ2v) is 7.66. The fraction of sp³-hybridized carbons (Fsp3) is 0.550. The fourth-order valence-electron chi connectivity index (χ4n) is 3.04. The van der Waals surface area contributed by atoms with E-state index in [0.29, 0.717) is 36.9 Å². The van der Waals surface area contributed by atoms with Gasteiger partial charge in [0.25, 0.3) is 0 Å². The maximum atomic E-state index is 12.1. The molecule has 1 heterocycles. The average Bonchev–Trinajstić information content (AvgIpc) is 3.13. The molecule has 1 aromatic carbocycles. The van der Waals surface area contributed by atoms with Crippen molar-refractivity contribution in [1.82, 2.24) is 15.5 Å². The van der Waals surface area contributed by atoms with Crippen LogP contribution in [0.4, 0.5) is 5.69 Å². The van der Waals surface area contributed by atoms with Crippen LogP contribution in [0.1, 0.15) is 33.1 Å². The summed E-state index contributed by atoms with van der Waals surface area (Å²) in [6, 6.07) is 7.24. The monoisotopic (exact) mass is 407 g/mol. The third-order valence-electron chi connectivity index (χ3n) is 4.56. The maximum absolute atomic E-state index is 12.1. The lowest BCUT2D eigenvalue weighted by atomic mass is 10.2. The summed E-state index contributed by atoms with van der Waals surface area (Å²) < 4.78 is 0. The molecule has 0 radical (unpaired) electrons. The summed E-state index contributed by atoms with van der Waals surface area (Å²) in [7, 11) is 1.72. The van der Waals surface area contributed by atoms with Gasteiger partial charge in [-0.05, 0) is 37.1 Å². The molecule has 1 unspecified atom stereocenters. The molecule has 7 nitrogen and oxygen atoms in total. The third-order valence-corrected chi connectivity index (χ3v) is 4.81. The molecule has 0 spiro atoms. The summed E-state index contributed by atoms with van der Waals surface area (Å²) in [5.74, 6) is 0.877. The molecule has 0 bridgehead atoms. The average molecular weight is 408 g/mol. The normalized spacial score (nSPS) is 17.0. The van der Waals surface area contributed by atoms with E-state index in [1.807, 2.05) is 18.7 Å². The van der Waals surface area contributed by atoms with Crippen molar-refractivity contribution < 1.29 is 9.59 Å². The number of carbonyl (C=O) groups excluding carboxylic acids is 2. The second kappa shape index (κ2) is 10.9. The highest BCUT2D eigenvalue weighted by molar-refractivity contribution is 6.30. The number of aliphatic imine (C=N–C) groups is 1. The number of hydrogen-bond acceptors (Lipinski definition) is 3. The van der Waals surface area contributed by atoms with Gasteiger partial charge in [0.1, 0.15) is 0 Å². The minimum absolute atomic E-state index is 0.0233. The van der Waals surface area contributed by atoms with Crippen LogP contribution in [0.5, 0.6) is 0 Å². The lowest BCUT2D eigenvalue weighted by molar-refractivity contribution is -0.133. The van der Waals surface area contributed by atoms with Gasteiger partial charge in [0.15, 0.2) is 5.96 Å². The summed E-state index contributed by atoms with van der Waals surface area (Å²) >= 11 is 5.83. The molecule has 2 amide bonds. The van der Waals surface area contributed by atoms with Gasteiger partial charge in [0.2, 0.25) is 11.8 Å². The van der Waals surface area contributed by atoms with Crippen LogP contribution in [0.15, 0.2) is 29.3 Å². The van der Waals surface area contributed by atoms with Gasteiger partial charge in [0, 0.05) is 55.8 Å². The number of halogens is 1. The quantitative estimate of drug-likeness (QED) is 0.368. The molecule has 3 N–H and O–H groups in total. The van der Waals surface area contributed by atoms with Crippen LogP contribution in [-0.4, -0.2) is 55.4 Å². The zero-order valence-corrected chi connectivity index (χ0v) is 17.6. The first-order valence-corrected chi connectivity index (χ1v) is 10.1. The zero-order valence-electron chi connectivity index (χ0n) is 16.8. The fourth-order valence-corrected chi connectivity index (χ4v) is 3.17. The molecule has 1 fully saturated rings. The zero-order chi connectivity index (χ0) is 20.5. The van der Waals surface area contributed by atoms with Gasteiger partial charge >= 0.3 is 0 Å². The Hall–Kier alpha value is -2.28. The Morgan fingerprint density at radius 1 is 1.29 bits per heavy atom. The summed E-state index contributed by atoms with van der Waals surface area (Å²) in [6.45, 7) is 5.95. The minimum Gasteiger partial charge on any atom is -0.356 e. The Morgan fingerprint density at radius 3 is 2.64 bits per heavy atom. The van der Waals surface area contributed by atoms with Gasteiger partial charge < -0.3 is 20.9 Å². The van der Waals surface area contributed by atoms with Gasteiger partial charge in [-0.15, -0.1) is 0 Å². The molecular formula is C20H30ClN5O2. The van der Waals surface area contributed by atoms with Crippen molar-refractivity contribution in [2.24, 2.45) is 10.9 Å². The summed E-state index contributed by atoms with van der Waals surface area (Å²) in [6.07, 6.45) is 2.00. The summed E-state index contributed by atoms with van der Waals surface area (Å²) in [5.41, 5.74) is 0.738. The summed E-state index contributed by atoms with van der Waals surface area (Å²) in [5, 5.41) is 10.1.